The monoisotopic (exact) mass is 397 g/mol. The van der Waals surface area contributed by atoms with Gasteiger partial charge in [0.15, 0.2) is 5.69 Å². The van der Waals surface area contributed by atoms with Crippen LogP contribution in [-0.4, -0.2) is 49.8 Å². The Labute approximate surface area is 154 Å². The van der Waals surface area contributed by atoms with E-state index in [0.717, 1.165) is 0 Å². The van der Waals surface area contributed by atoms with Crippen LogP contribution < -0.4 is 5.56 Å². The fourth-order valence-electron chi connectivity index (χ4n) is 3.10. The van der Waals surface area contributed by atoms with Crippen molar-refractivity contribution in [2.45, 2.75) is 19.0 Å². The summed E-state index contributed by atoms with van der Waals surface area (Å²) < 4.78 is 40.0. The van der Waals surface area contributed by atoms with E-state index < -0.39 is 18.0 Å². The van der Waals surface area contributed by atoms with Crippen molar-refractivity contribution in [3.63, 3.8) is 0 Å². The average molecular weight is 397 g/mol. The van der Waals surface area contributed by atoms with Gasteiger partial charge < -0.3 is 4.90 Å². The Morgan fingerprint density at radius 1 is 1.26 bits per heavy atom. The molecular formula is C16H14F3N5O2S. The van der Waals surface area contributed by atoms with Crippen molar-refractivity contribution < 1.29 is 18.0 Å². The lowest BCUT2D eigenvalue weighted by molar-refractivity contribution is -0.183. The van der Waals surface area contributed by atoms with E-state index in [1.54, 1.807) is 11.4 Å². The van der Waals surface area contributed by atoms with E-state index >= 15 is 0 Å². The van der Waals surface area contributed by atoms with Gasteiger partial charge in [0.25, 0.3) is 11.5 Å². The van der Waals surface area contributed by atoms with Crippen LogP contribution in [-0.2, 0) is 0 Å². The van der Waals surface area contributed by atoms with Crippen LogP contribution in [0.2, 0.25) is 0 Å². The van der Waals surface area contributed by atoms with Gasteiger partial charge in [0, 0.05) is 19.3 Å². The zero-order valence-corrected chi connectivity index (χ0v) is 14.7. The second kappa shape index (κ2) is 6.48. The SMILES string of the molecule is O=C(c1ccn(-c2nc3ccsc3c(=O)[nH]2)n1)N1CCC(C(F)(F)F)CC1. The molecule has 1 aliphatic heterocycles. The van der Waals surface area contributed by atoms with Crippen LogP contribution in [0.5, 0.6) is 0 Å². The highest BCUT2D eigenvalue weighted by Gasteiger charge is 2.41. The molecule has 0 saturated carbocycles. The van der Waals surface area contributed by atoms with E-state index in [2.05, 4.69) is 15.1 Å². The van der Waals surface area contributed by atoms with Gasteiger partial charge in [-0.15, -0.1) is 11.3 Å². The second-order valence-corrected chi connectivity index (χ2v) is 7.19. The maximum Gasteiger partial charge on any atom is 0.391 e. The lowest BCUT2D eigenvalue weighted by atomic mass is 9.96. The first-order valence-corrected chi connectivity index (χ1v) is 9.10. The van der Waals surface area contributed by atoms with Crippen molar-refractivity contribution in [3.8, 4) is 5.95 Å². The average Bonchev–Trinajstić information content (AvgIpc) is 3.30. The van der Waals surface area contributed by atoms with E-state index in [0.29, 0.717) is 10.2 Å². The van der Waals surface area contributed by atoms with Crippen LogP contribution in [0.3, 0.4) is 0 Å². The fourth-order valence-corrected chi connectivity index (χ4v) is 3.82. The Kier molecular flexibility index (Phi) is 4.25. The summed E-state index contributed by atoms with van der Waals surface area (Å²) in [5.74, 6) is -1.64. The quantitative estimate of drug-likeness (QED) is 0.721. The number of aromatic nitrogens is 4. The van der Waals surface area contributed by atoms with Crippen molar-refractivity contribution in [2.24, 2.45) is 5.92 Å². The van der Waals surface area contributed by atoms with Crippen LogP contribution >= 0.6 is 11.3 Å². The third kappa shape index (κ3) is 3.34. The minimum atomic E-state index is -4.23. The molecule has 11 heteroatoms. The number of nitrogens with one attached hydrogen (secondary N) is 1. The molecule has 7 nitrogen and oxygen atoms in total. The molecule has 3 aromatic heterocycles. The minimum absolute atomic E-state index is 0.0335. The zero-order chi connectivity index (χ0) is 19.2. The number of fused-ring (bicyclic) bond motifs is 1. The molecular weight excluding hydrogens is 383 g/mol. The molecule has 142 valence electrons. The number of hydrogen-bond donors (Lipinski definition) is 1. The summed E-state index contributed by atoms with van der Waals surface area (Å²) in [5.41, 5.74) is 0.312. The molecule has 0 radical (unpaired) electrons. The smallest absolute Gasteiger partial charge is 0.337 e. The standard InChI is InChI=1S/C16H14F3N5O2S/c17-16(18,19)9-1-5-23(6-2-9)14(26)11-3-7-24(22-11)15-20-10-4-8-27-12(10)13(25)21-15/h3-4,7-9H,1-2,5-6H2,(H,20,21,25). The molecule has 0 aromatic carbocycles. The number of carbonyl (C=O) groups excluding carboxylic acids is 1. The first kappa shape index (κ1) is 17.7. The summed E-state index contributed by atoms with van der Waals surface area (Å²) in [7, 11) is 0. The Morgan fingerprint density at radius 3 is 2.70 bits per heavy atom. The summed E-state index contributed by atoms with van der Waals surface area (Å²) in [6.45, 7) is 0.0671. The molecule has 4 rings (SSSR count). The largest absolute Gasteiger partial charge is 0.391 e. The van der Waals surface area contributed by atoms with E-state index in [9.17, 15) is 22.8 Å². The Morgan fingerprint density at radius 2 is 2.00 bits per heavy atom. The minimum Gasteiger partial charge on any atom is -0.337 e. The molecule has 1 N–H and O–H groups in total. The van der Waals surface area contributed by atoms with Gasteiger partial charge in [-0.05, 0) is 30.4 Å². The first-order chi connectivity index (χ1) is 12.8. The van der Waals surface area contributed by atoms with Crippen LogP contribution in [0.1, 0.15) is 23.3 Å². The maximum atomic E-state index is 12.7. The Hall–Kier alpha value is -2.69. The molecule has 1 amide bonds. The van der Waals surface area contributed by atoms with Gasteiger partial charge in [0.05, 0.1) is 11.4 Å². The third-order valence-corrected chi connectivity index (χ3v) is 5.48. The molecule has 1 saturated heterocycles. The van der Waals surface area contributed by atoms with Crippen molar-refractivity contribution in [3.05, 3.63) is 39.8 Å². The van der Waals surface area contributed by atoms with Crippen LogP contribution in [0.15, 0.2) is 28.5 Å². The molecule has 0 unspecified atom stereocenters. The Bertz CT molecular complexity index is 1050. The number of aromatic amines is 1. The van der Waals surface area contributed by atoms with Crippen molar-refractivity contribution >= 4 is 27.5 Å². The second-order valence-electron chi connectivity index (χ2n) is 6.28. The zero-order valence-electron chi connectivity index (χ0n) is 13.9. The summed E-state index contributed by atoms with van der Waals surface area (Å²) in [6.07, 6.45) is -2.97. The number of carbonyl (C=O) groups is 1. The summed E-state index contributed by atoms with van der Waals surface area (Å²) in [6, 6.07) is 3.16. The Balaban J connectivity index is 1.52. The number of rotatable bonds is 2. The van der Waals surface area contributed by atoms with Gasteiger partial charge in [-0.3, -0.25) is 14.6 Å². The highest BCUT2D eigenvalue weighted by molar-refractivity contribution is 7.17. The summed E-state index contributed by atoms with van der Waals surface area (Å²) in [5, 5.41) is 5.88. The van der Waals surface area contributed by atoms with E-state index in [4.69, 9.17) is 0 Å². The lowest BCUT2D eigenvalue weighted by Gasteiger charge is -2.32. The molecule has 0 bridgehead atoms. The number of likely N-dealkylation sites (tertiary alicyclic amines) is 1. The molecule has 0 aliphatic carbocycles. The summed E-state index contributed by atoms with van der Waals surface area (Å²) in [4.78, 5) is 32.8. The van der Waals surface area contributed by atoms with Gasteiger partial charge >= 0.3 is 6.18 Å². The van der Waals surface area contributed by atoms with Gasteiger partial charge in [-0.2, -0.15) is 18.3 Å². The molecule has 0 spiro atoms. The van der Waals surface area contributed by atoms with Crippen LogP contribution in [0.25, 0.3) is 16.2 Å². The molecule has 1 fully saturated rings. The number of amides is 1. The van der Waals surface area contributed by atoms with E-state index in [1.807, 2.05) is 0 Å². The highest BCUT2D eigenvalue weighted by Crippen LogP contribution is 2.34. The van der Waals surface area contributed by atoms with Gasteiger partial charge in [-0.1, -0.05) is 0 Å². The van der Waals surface area contributed by atoms with Crippen molar-refractivity contribution in [1.82, 2.24) is 24.6 Å². The molecule has 4 heterocycles. The topological polar surface area (TPSA) is 83.9 Å². The predicted octanol–water partition coefficient (Wildman–Crippen LogP) is 2.58. The molecule has 0 atom stereocenters. The third-order valence-electron chi connectivity index (χ3n) is 4.57. The molecule has 27 heavy (non-hydrogen) atoms. The highest BCUT2D eigenvalue weighted by atomic mass is 32.1. The number of H-pyrrole nitrogens is 1. The number of nitrogens with zero attached hydrogens (tertiary/aromatic N) is 4. The molecule has 1 aliphatic rings. The number of thiophene rings is 1. The lowest BCUT2D eigenvalue weighted by Crippen LogP contribution is -2.42. The van der Waals surface area contributed by atoms with E-state index in [1.165, 1.54) is 33.2 Å². The summed E-state index contributed by atoms with van der Waals surface area (Å²) >= 11 is 1.27. The fraction of sp³-hybridized carbons (Fsp3) is 0.375. The van der Waals surface area contributed by atoms with Gasteiger partial charge in [0.2, 0.25) is 5.95 Å². The first-order valence-electron chi connectivity index (χ1n) is 8.22. The molecule has 3 aromatic rings. The van der Waals surface area contributed by atoms with Crippen molar-refractivity contribution in [2.75, 3.05) is 13.1 Å². The van der Waals surface area contributed by atoms with Crippen LogP contribution in [0.4, 0.5) is 13.2 Å². The number of piperidine rings is 1. The number of alkyl halides is 3. The number of halogens is 3. The van der Waals surface area contributed by atoms with Gasteiger partial charge in [-0.25, -0.2) is 9.67 Å². The normalized spacial score (nSPS) is 16.2. The van der Waals surface area contributed by atoms with Gasteiger partial charge in [0.1, 0.15) is 4.70 Å². The van der Waals surface area contributed by atoms with E-state index in [-0.39, 0.29) is 43.1 Å². The number of hydrogen-bond acceptors (Lipinski definition) is 5. The predicted molar refractivity (Wildman–Crippen MR) is 92.0 cm³/mol. The van der Waals surface area contributed by atoms with Crippen LogP contribution in [0, 0.1) is 5.92 Å². The maximum absolute atomic E-state index is 12.7. The van der Waals surface area contributed by atoms with Crippen molar-refractivity contribution in [1.29, 1.82) is 0 Å².